The lowest BCUT2D eigenvalue weighted by Gasteiger charge is -2.49. The second kappa shape index (κ2) is 16.4. The van der Waals surface area contributed by atoms with Gasteiger partial charge in [-0.05, 0) is 33.2 Å². The number of aliphatic hydroxyl groups is 6. The van der Waals surface area contributed by atoms with Gasteiger partial charge in [0, 0.05) is 12.6 Å². The highest BCUT2D eigenvalue weighted by Gasteiger charge is 2.52. The Hall–Kier alpha value is -1.66. The maximum absolute atomic E-state index is 12.9. The first kappa shape index (κ1) is 37.8. The average Bonchev–Trinajstić information content (AvgIpc) is 3.00. The van der Waals surface area contributed by atoms with Crippen LogP contribution in [0.3, 0.4) is 0 Å². The Labute approximate surface area is 261 Å². The van der Waals surface area contributed by atoms with Gasteiger partial charge in [0.2, 0.25) is 0 Å². The number of nitrogens with two attached hydrogens (primary N) is 5. The van der Waals surface area contributed by atoms with E-state index in [-0.39, 0.29) is 32.0 Å². The molecule has 0 spiro atoms. The van der Waals surface area contributed by atoms with Crippen molar-refractivity contribution >= 4 is 11.7 Å². The number of amides is 1. The third-order valence-electron chi connectivity index (χ3n) is 8.50. The molecule has 3 aliphatic rings. The van der Waals surface area contributed by atoms with Crippen molar-refractivity contribution in [3.8, 4) is 0 Å². The maximum Gasteiger partial charge on any atom is 0.251 e. The number of nitrogens with zero attached hydrogens (tertiary/aromatic N) is 1. The minimum atomic E-state index is -2.09. The summed E-state index contributed by atoms with van der Waals surface area (Å²) in [6.07, 6.45) is -12.9. The Morgan fingerprint density at radius 2 is 1.73 bits per heavy atom. The molecule has 0 aromatic carbocycles. The Kier molecular flexibility index (Phi) is 13.8. The first-order chi connectivity index (χ1) is 21.1. The van der Waals surface area contributed by atoms with Gasteiger partial charge in [-0.15, -0.1) is 0 Å². The highest BCUT2D eigenvalue weighted by atomic mass is 16.7. The smallest absolute Gasteiger partial charge is 0.251 e. The van der Waals surface area contributed by atoms with Crippen molar-refractivity contribution in [3.05, 3.63) is 0 Å². The summed E-state index contributed by atoms with van der Waals surface area (Å²) in [7, 11) is 1.53. The lowest BCUT2D eigenvalue weighted by atomic mass is 9.83. The molecular weight excluding hydrogens is 600 g/mol. The van der Waals surface area contributed by atoms with Crippen LogP contribution in [-0.2, 0) is 23.7 Å². The molecule has 2 aliphatic heterocycles. The lowest BCUT2D eigenvalue weighted by molar-refractivity contribution is -0.307. The van der Waals surface area contributed by atoms with E-state index in [9.17, 15) is 35.4 Å². The van der Waals surface area contributed by atoms with Crippen molar-refractivity contribution in [2.45, 2.75) is 117 Å². The number of likely N-dealkylation sites (N-methyl/N-ethyl adjacent to an activating group) is 1. The minimum absolute atomic E-state index is 0.0842. The molecule has 1 aliphatic carbocycles. The molecule has 0 aromatic rings. The van der Waals surface area contributed by atoms with Gasteiger partial charge in [0.1, 0.15) is 42.0 Å². The van der Waals surface area contributed by atoms with E-state index in [1.54, 1.807) is 0 Å². The normalized spacial score (nSPS) is 41.7. The number of carbonyl (C=O) groups excluding carboxylic acids is 1. The molecule has 0 bridgehead atoms. The van der Waals surface area contributed by atoms with Crippen LogP contribution in [0, 0.1) is 0 Å². The number of ether oxygens (including phenoxy) is 4. The molecule has 6 unspecified atom stereocenters. The van der Waals surface area contributed by atoms with Crippen molar-refractivity contribution in [1.82, 2.24) is 10.6 Å². The summed E-state index contributed by atoms with van der Waals surface area (Å²) >= 11 is 0. The molecule has 1 amide bonds. The molecule has 1 saturated carbocycles. The fourth-order valence-corrected chi connectivity index (χ4v) is 5.81. The molecule has 45 heavy (non-hydrogen) atoms. The van der Waals surface area contributed by atoms with Gasteiger partial charge in [-0.25, -0.2) is 0 Å². The SMILES string of the molecule is CN[C@@H]1C(O)[C@@H](OC2C(O)C(O[C@H]3O[C@H](CN=C(N)CN)CCC3N)[C@@H](N)C[C@H]2NC(=O)[C@@H](O)[C@@H](O)[C@@H](O)CN)OCC1(C)O. The van der Waals surface area contributed by atoms with Crippen LogP contribution in [0.4, 0.5) is 0 Å². The Morgan fingerprint density at radius 1 is 1.07 bits per heavy atom. The highest BCUT2D eigenvalue weighted by Crippen LogP contribution is 2.32. The monoisotopic (exact) mass is 652 g/mol. The van der Waals surface area contributed by atoms with E-state index in [0.29, 0.717) is 12.8 Å². The van der Waals surface area contributed by atoms with E-state index in [1.807, 2.05) is 0 Å². The second-order valence-corrected chi connectivity index (χ2v) is 12.1. The van der Waals surface area contributed by atoms with Gasteiger partial charge < -0.3 is 88.9 Å². The molecule has 262 valence electrons. The van der Waals surface area contributed by atoms with Crippen LogP contribution in [0.2, 0.25) is 0 Å². The maximum atomic E-state index is 12.9. The molecule has 19 heteroatoms. The fraction of sp³-hybridized carbons (Fsp3) is 0.923. The fourth-order valence-electron chi connectivity index (χ4n) is 5.81. The topological polar surface area (TPSA) is 342 Å². The lowest BCUT2D eigenvalue weighted by Crippen LogP contribution is -2.69. The van der Waals surface area contributed by atoms with Crippen LogP contribution >= 0.6 is 0 Å². The van der Waals surface area contributed by atoms with Gasteiger partial charge in [-0.3, -0.25) is 9.79 Å². The third kappa shape index (κ3) is 9.24. The highest BCUT2D eigenvalue weighted by molar-refractivity contribution is 5.82. The van der Waals surface area contributed by atoms with E-state index < -0.39 is 104 Å². The zero-order valence-corrected chi connectivity index (χ0v) is 25.6. The number of hydrogen-bond acceptors (Lipinski definition) is 17. The van der Waals surface area contributed by atoms with Gasteiger partial charge in [0.15, 0.2) is 18.7 Å². The molecule has 15 atom stereocenters. The number of carbonyl (C=O) groups is 1. The minimum Gasteiger partial charge on any atom is -0.389 e. The van der Waals surface area contributed by atoms with Crippen molar-refractivity contribution in [2.24, 2.45) is 33.7 Å². The summed E-state index contributed by atoms with van der Waals surface area (Å²) in [5.74, 6) is -0.848. The molecule has 19 nitrogen and oxygen atoms in total. The second-order valence-electron chi connectivity index (χ2n) is 12.1. The number of aliphatic imine (C=N–C) groups is 1. The zero-order valence-electron chi connectivity index (χ0n) is 25.6. The number of rotatable bonds is 13. The molecule has 0 radical (unpaired) electrons. The first-order valence-electron chi connectivity index (χ1n) is 15.0. The Bertz CT molecular complexity index is 983. The van der Waals surface area contributed by atoms with Crippen LogP contribution in [0.1, 0.15) is 26.2 Å². The van der Waals surface area contributed by atoms with Gasteiger partial charge >= 0.3 is 0 Å². The van der Waals surface area contributed by atoms with Crippen LogP contribution in [0.25, 0.3) is 0 Å². The summed E-state index contributed by atoms with van der Waals surface area (Å²) < 4.78 is 23.8. The van der Waals surface area contributed by atoms with Crippen LogP contribution < -0.4 is 39.3 Å². The van der Waals surface area contributed by atoms with Gasteiger partial charge in [-0.1, -0.05) is 0 Å². The summed E-state index contributed by atoms with van der Waals surface area (Å²) in [6, 6.07) is -3.53. The quantitative estimate of drug-likeness (QED) is 0.0649. The van der Waals surface area contributed by atoms with Gasteiger partial charge in [0.05, 0.1) is 50.0 Å². The van der Waals surface area contributed by atoms with E-state index >= 15 is 0 Å². The summed E-state index contributed by atoms with van der Waals surface area (Å²) in [5, 5.41) is 68.8. The van der Waals surface area contributed by atoms with Gasteiger partial charge in [-0.2, -0.15) is 0 Å². The molecule has 3 rings (SSSR count). The first-order valence-corrected chi connectivity index (χ1v) is 15.0. The zero-order chi connectivity index (χ0) is 33.6. The van der Waals surface area contributed by atoms with E-state index in [1.165, 1.54) is 14.0 Å². The molecule has 0 aromatic heterocycles. The molecule has 2 saturated heterocycles. The predicted octanol–water partition coefficient (Wildman–Crippen LogP) is -7.42. The Morgan fingerprint density at radius 3 is 2.36 bits per heavy atom. The van der Waals surface area contributed by atoms with Crippen LogP contribution in [0.15, 0.2) is 4.99 Å². The summed E-state index contributed by atoms with van der Waals surface area (Å²) in [5.41, 5.74) is 27.8. The van der Waals surface area contributed by atoms with E-state index in [2.05, 4.69) is 15.6 Å². The number of nitrogens with one attached hydrogen (secondary N) is 2. The summed E-state index contributed by atoms with van der Waals surface area (Å²) in [6.45, 7) is 1.10. The molecule has 2 heterocycles. The standard InChI is InChI=1S/C26H52N8O11/c1-26(41)9-42-25(19(39)22(26)32-2)45-21-13(34-23(40)17(37)16(36)14(35)6-27)5-12(30)20(18(21)38)44-24-11(29)4-3-10(43-24)8-33-15(31)7-28/h10-14,16-22,24-25,32,35-39,41H,3-9,27-30H2,1-2H3,(H2,31,33)(H,34,40)/t10-,11?,12-,13+,14-,16-,17-,18?,19?,20?,21?,22+,24+,25+,26?/m0/s1. The average molecular weight is 653 g/mol. The molecule has 18 N–H and O–H groups in total. The van der Waals surface area contributed by atoms with E-state index in [0.717, 1.165) is 0 Å². The van der Waals surface area contributed by atoms with Crippen LogP contribution in [-0.4, -0.2) is 167 Å². The van der Waals surface area contributed by atoms with Crippen molar-refractivity contribution in [2.75, 3.05) is 33.3 Å². The van der Waals surface area contributed by atoms with Crippen molar-refractivity contribution in [1.29, 1.82) is 0 Å². The molecular formula is C26H52N8O11. The van der Waals surface area contributed by atoms with Gasteiger partial charge in [0.25, 0.3) is 5.91 Å². The number of hydrogen-bond donors (Lipinski definition) is 13. The summed E-state index contributed by atoms with van der Waals surface area (Å²) in [4.78, 5) is 17.1. The number of amidine groups is 1. The largest absolute Gasteiger partial charge is 0.389 e. The van der Waals surface area contributed by atoms with E-state index in [4.69, 9.17) is 47.6 Å². The van der Waals surface area contributed by atoms with Crippen molar-refractivity contribution in [3.63, 3.8) is 0 Å². The Balaban J connectivity index is 1.83. The number of aliphatic hydroxyl groups excluding tert-OH is 5. The van der Waals surface area contributed by atoms with Crippen LogP contribution in [0.5, 0.6) is 0 Å². The van der Waals surface area contributed by atoms with Crippen molar-refractivity contribution < 1.29 is 54.4 Å². The molecule has 3 fully saturated rings. The third-order valence-corrected chi connectivity index (χ3v) is 8.50. The predicted molar refractivity (Wildman–Crippen MR) is 158 cm³/mol.